The molecule has 1 aliphatic heterocycles. The van der Waals surface area contributed by atoms with E-state index >= 15 is 0 Å². The van der Waals surface area contributed by atoms with Gasteiger partial charge in [-0.3, -0.25) is 4.90 Å². The van der Waals surface area contributed by atoms with E-state index in [1.54, 1.807) is 0 Å². The van der Waals surface area contributed by atoms with Crippen molar-refractivity contribution in [3.63, 3.8) is 0 Å². The van der Waals surface area contributed by atoms with E-state index in [-0.39, 0.29) is 0 Å². The highest BCUT2D eigenvalue weighted by Gasteiger charge is 2.34. The first kappa shape index (κ1) is 14.7. The molecule has 1 saturated heterocycles. The van der Waals surface area contributed by atoms with E-state index < -0.39 is 0 Å². The van der Waals surface area contributed by atoms with E-state index in [4.69, 9.17) is 0 Å². The average molecular weight is 238 g/mol. The lowest BCUT2D eigenvalue weighted by molar-refractivity contribution is 0.0544. The van der Waals surface area contributed by atoms with E-state index in [9.17, 15) is 0 Å². The van der Waals surface area contributed by atoms with E-state index in [0.717, 1.165) is 19.5 Å². The van der Waals surface area contributed by atoms with Crippen molar-refractivity contribution in [1.29, 1.82) is 0 Å². The third-order valence-electron chi connectivity index (χ3n) is 4.05. The molecule has 3 unspecified atom stereocenters. The fourth-order valence-corrected chi connectivity index (χ4v) is 2.70. The van der Waals surface area contributed by atoms with Crippen molar-refractivity contribution in [3.8, 4) is 0 Å². The number of nitrogens with zero attached hydrogens (tertiary/aromatic N) is 1. The number of hydrogen-bond donors (Lipinski definition) is 1. The molecule has 1 N–H and O–H groups in total. The maximum atomic E-state index is 3.87. The maximum Gasteiger partial charge on any atom is 0.0244 e. The van der Waals surface area contributed by atoms with Crippen LogP contribution in [0.2, 0.25) is 0 Å². The van der Waals surface area contributed by atoms with E-state index in [1.165, 1.54) is 6.42 Å². The van der Waals surface area contributed by atoms with E-state index in [1.807, 2.05) is 6.08 Å². The normalized spacial score (nSPS) is 29.0. The van der Waals surface area contributed by atoms with Crippen molar-refractivity contribution >= 4 is 0 Å². The molecule has 100 valence electrons. The first-order chi connectivity index (χ1) is 7.90. The van der Waals surface area contributed by atoms with Gasteiger partial charge in [0.05, 0.1) is 0 Å². The Kier molecular flexibility index (Phi) is 5.21. The predicted octanol–water partition coefficient (Wildman–Crippen LogP) is 3.05. The second kappa shape index (κ2) is 6.01. The monoisotopic (exact) mass is 238 g/mol. The highest BCUT2D eigenvalue weighted by Crippen LogP contribution is 2.26. The van der Waals surface area contributed by atoms with Gasteiger partial charge in [0.1, 0.15) is 0 Å². The molecule has 1 heterocycles. The molecule has 17 heavy (non-hydrogen) atoms. The van der Waals surface area contributed by atoms with Crippen LogP contribution in [-0.2, 0) is 0 Å². The Labute approximate surface area is 107 Å². The number of hydrogen-bond acceptors (Lipinski definition) is 2. The summed E-state index contributed by atoms with van der Waals surface area (Å²) in [7, 11) is 0. The van der Waals surface area contributed by atoms with Crippen LogP contribution < -0.4 is 5.32 Å². The number of piperazine rings is 1. The standard InChI is InChI=1S/C15H30N2/c1-7-9-12(3)17-11-14(15(4,5)6)16-10-13(17)8-2/h7,12-14,16H,1,8-11H2,2-6H3. The summed E-state index contributed by atoms with van der Waals surface area (Å²) in [4.78, 5) is 2.67. The topological polar surface area (TPSA) is 15.3 Å². The molecule has 0 aromatic rings. The Morgan fingerprint density at radius 1 is 1.47 bits per heavy atom. The van der Waals surface area contributed by atoms with E-state index in [0.29, 0.717) is 23.5 Å². The van der Waals surface area contributed by atoms with Gasteiger partial charge in [0.2, 0.25) is 0 Å². The van der Waals surface area contributed by atoms with Crippen LogP contribution in [0.15, 0.2) is 12.7 Å². The average Bonchev–Trinajstić information content (AvgIpc) is 2.27. The summed E-state index contributed by atoms with van der Waals surface area (Å²) >= 11 is 0. The van der Waals surface area contributed by atoms with Gasteiger partial charge < -0.3 is 5.32 Å². The molecule has 1 aliphatic rings. The maximum absolute atomic E-state index is 3.87. The summed E-state index contributed by atoms with van der Waals surface area (Å²) in [5.41, 5.74) is 0.338. The zero-order valence-electron chi connectivity index (χ0n) is 12.3. The fraction of sp³-hybridized carbons (Fsp3) is 0.867. The number of rotatable bonds is 4. The number of nitrogens with one attached hydrogen (secondary N) is 1. The molecule has 0 aromatic carbocycles. The molecule has 1 rings (SSSR count). The van der Waals surface area contributed by atoms with Gasteiger partial charge in [-0.2, -0.15) is 0 Å². The Balaban J connectivity index is 2.71. The van der Waals surface area contributed by atoms with Crippen LogP contribution in [0, 0.1) is 5.41 Å². The van der Waals surface area contributed by atoms with Crippen LogP contribution >= 0.6 is 0 Å². The largest absolute Gasteiger partial charge is 0.311 e. The van der Waals surface area contributed by atoms with Gasteiger partial charge in [-0.05, 0) is 25.2 Å². The summed E-state index contributed by atoms with van der Waals surface area (Å²) < 4.78 is 0. The van der Waals surface area contributed by atoms with Crippen LogP contribution in [-0.4, -0.2) is 36.1 Å². The lowest BCUT2D eigenvalue weighted by Gasteiger charge is -2.47. The van der Waals surface area contributed by atoms with Gasteiger partial charge >= 0.3 is 0 Å². The molecule has 0 bridgehead atoms. The molecule has 3 atom stereocenters. The SMILES string of the molecule is C=CCC(C)N1CC(C(C)(C)C)NCC1CC. The highest BCUT2D eigenvalue weighted by molar-refractivity contribution is 4.94. The molecule has 0 amide bonds. The minimum atomic E-state index is 0.338. The Hall–Kier alpha value is -0.340. The molecule has 0 aliphatic carbocycles. The Morgan fingerprint density at radius 3 is 2.59 bits per heavy atom. The van der Waals surface area contributed by atoms with Gasteiger partial charge in [-0.1, -0.05) is 33.8 Å². The summed E-state index contributed by atoms with van der Waals surface area (Å²) in [6, 6.07) is 1.89. The van der Waals surface area contributed by atoms with Gasteiger partial charge in [-0.15, -0.1) is 6.58 Å². The third-order valence-corrected chi connectivity index (χ3v) is 4.05. The molecular weight excluding hydrogens is 208 g/mol. The quantitative estimate of drug-likeness (QED) is 0.757. The zero-order chi connectivity index (χ0) is 13.1. The summed E-state index contributed by atoms with van der Waals surface area (Å²) in [6.45, 7) is 17.8. The lowest BCUT2D eigenvalue weighted by atomic mass is 9.84. The minimum absolute atomic E-state index is 0.338. The molecule has 0 radical (unpaired) electrons. The summed E-state index contributed by atoms with van der Waals surface area (Å²) in [6.07, 6.45) is 4.37. The van der Waals surface area contributed by atoms with E-state index in [2.05, 4.69) is 51.4 Å². The van der Waals surface area contributed by atoms with Gasteiger partial charge in [-0.25, -0.2) is 0 Å². The second-order valence-corrected chi connectivity index (χ2v) is 6.46. The highest BCUT2D eigenvalue weighted by atomic mass is 15.3. The van der Waals surface area contributed by atoms with Crippen molar-refractivity contribution in [2.24, 2.45) is 5.41 Å². The lowest BCUT2D eigenvalue weighted by Crippen LogP contribution is -2.62. The van der Waals surface area contributed by atoms with Crippen LogP contribution in [0.5, 0.6) is 0 Å². The van der Waals surface area contributed by atoms with Crippen molar-refractivity contribution < 1.29 is 0 Å². The molecule has 0 saturated carbocycles. The van der Waals surface area contributed by atoms with Crippen molar-refractivity contribution in [2.45, 2.75) is 65.6 Å². The second-order valence-electron chi connectivity index (χ2n) is 6.46. The van der Waals surface area contributed by atoms with Gasteiger partial charge in [0.15, 0.2) is 0 Å². The van der Waals surface area contributed by atoms with Gasteiger partial charge in [0.25, 0.3) is 0 Å². The Morgan fingerprint density at radius 2 is 2.12 bits per heavy atom. The van der Waals surface area contributed by atoms with Crippen molar-refractivity contribution in [3.05, 3.63) is 12.7 Å². The molecule has 2 heteroatoms. The van der Waals surface area contributed by atoms with Crippen molar-refractivity contribution in [1.82, 2.24) is 10.2 Å². The molecule has 0 aromatic heterocycles. The van der Waals surface area contributed by atoms with Crippen LogP contribution in [0.4, 0.5) is 0 Å². The van der Waals surface area contributed by atoms with Crippen LogP contribution in [0.25, 0.3) is 0 Å². The first-order valence-electron chi connectivity index (χ1n) is 7.00. The van der Waals surface area contributed by atoms with Crippen LogP contribution in [0.3, 0.4) is 0 Å². The molecule has 0 spiro atoms. The first-order valence-corrected chi connectivity index (χ1v) is 7.00. The zero-order valence-corrected chi connectivity index (χ0v) is 12.3. The Bertz CT molecular complexity index is 242. The third kappa shape index (κ3) is 3.82. The summed E-state index contributed by atoms with van der Waals surface area (Å²) in [5.74, 6) is 0. The summed E-state index contributed by atoms with van der Waals surface area (Å²) in [5, 5.41) is 3.72. The van der Waals surface area contributed by atoms with Gasteiger partial charge in [0, 0.05) is 31.2 Å². The minimum Gasteiger partial charge on any atom is -0.311 e. The fourth-order valence-electron chi connectivity index (χ4n) is 2.70. The van der Waals surface area contributed by atoms with Crippen LogP contribution in [0.1, 0.15) is 47.5 Å². The predicted molar refractivity (Wildman–Crippen MR) is 76.3 cm³/mol. The molecule has 2 nitrogen and oxygen atoms in total. The smallest absolute Gasteiger partial charge is 0.0244 e. The molecular formula is C15H30N2. The van der Waals surface area contributed by atoms with Crippen molar-refractivity contribution in [2.75, 3.05) is 13.1 Å². The molecule has 1 fully saturated rings.